The second kappa shape index (κ2) is 6.31. The van der Waals surface area contributed by atoms with E-state index in [1.165, 1.54) is 6.20 Å². The number of hydrogen-bond acceptors (Lipinski definition) is 5. The molecule has 0 N–H and O–H groups in total. The number of ether oxygens (including phenoxy) is 2. The number of imidazole rings is 1. The van der Waals surface area contributed by atoms with E-state index in [0.29, 0.717) is 26.3 Å². The maximum Gasteiger partial charge on any atom is 0.431 e. The van der Waals surface area contributed by atoms with Crippen LogP contribution in [0.25, 0.3) is 5.65 Å². The highest BCUT2D eigenvalue weighted by Crippen LogP contribution is 2.34. The van der Waals surface area contributed by atoms with E-state index in [1.54, 1.807) is 11.8 Å². The second-order valence-corrected chi connectivity index (χ2v) is 5.23. The zero-order valence-electron chi connectivity index (χ0n) is 13.0. The van der Waals surface area contributed by atoms with E-state index in [-0.39, 0.29) is 23.6 Å². The number of esters is 1. The number of carbonyl (C=O) groups is 1. The molecule has 0 radical (unpaired) electrons. The minimum Gasteiger partial charge on any atom is -0.462 e. The highest BCUT2D eigenvalue weighted by Gasteiger charge is 2.36. The molecule has 3 heterocycles. The van der Waals surface area contributed by atoms with E-state index >= 15 is 0 Å². The van der Waals surface area contributed by atoms with Gasteiger partial charge in [-0.05, 0) is 19.1 Å². The van der Waals surface area contributed by atoms with Gasteiger partial charge in [0, 0.05) is 13.1 Å². The number of halogens is 3. The number of fused-ring (bicyclic) bond motifs is 1. The van der Waals surface area contributed by atoms with Crippen molar-refractivity contribution in [2.24, 2.45) is 0 Å². The van der Waals surface area contributed by atoms with Gasteiger partial charge in [0.1, 0.15) is 17.1 Å². The van der Waals surface area contributed by atoms with Crippen molar-refractivity contribution in [2.45, 2.75) is 13.1 Å². The summed E-state index contributed by atoms with van der Waals surface area (Å²) in [6.45, 7) is 3.51. The fourth-order valence-electron chi connectivity index (χ4n) is 2.69. The lowest BCUT2D eigenvalue weighted by Crippen LogP contribution is -2.37. The minimum atomic E-state index is -4.58. The van der Waals surface area contributed by atoms with Gasteiger partial charge in [0.15, 0.2) is 5.65 Å². The van der Waals surface area contributed by atoms with E-state index in [0.717, 1.165) is 16.5 Å². The van der Waals surface area contributed by atoms with Gasteiger partial charge in [-0.3, -0.25) is 4.40 Å². The van der Waals surface area contributed by atoms with Gasteiger partial charge in [-0.15, -0.1) is 0 Å². The zero-order chi connectivity index (χ0) is 17.3. The molecule has 0 bridgehead atoms. The molecule has 0 unspecified atom stereocenters. The van der Waals surface area contributed by atoms with Crippen LogP contribution >= 0.6 is 0 Å². The molecule has 1 saturated heterocycles. The van der Waals surface area contributed by atoms with Gasteiger partial charge in [0.05, 0.1) is 26.0 Å². The standard InChI is InChI=1S/C15H16F3N3O3/c1-2-24-14(22)10-3-4-11(15(16,17)18)21-12(9-19-13(10)21)20-5-7-23-8-6-20/h3-4,9H,2,5-8H2,1H3. The average molecular weight is 343 g/mol. The summed E-state index contributed by atoms with van der Waals surface area (Å²) in [4.78, 5) is 17.8. The first kappa shape index (κ1) is 16.6. The Kier molecular flexibility index (Phi) is 4.35. The molecule has 0 atom stereocenters. The third-order valence-corrected chi connectivity index (χ3v) is 3.75. The van der Waals surface area contributed by atoms with Crippen molar-refractivity contribution in [3.05, 3.63) is 29.6 Å². The summed E-state index contributed by atoms with van der Waals surface area (Å²) in [5.74, 6) is -0.415. The first-order chi connectivity index (χ1) is 11.4. The van der Waals surface area contributed by atoms with Crippen molar-refractivity contribution in [3.8, 4) is 0 Å². The van der Waals surface area contributed by atoms with Gasteiger partial charge in [-0.1, -0.05) is 0 Å². The molecule has 0 aromatic carbocycles. The topological polar surface area (TPSA) is 56.1 Å². The fraction of sp³-hybridized carbons (Fsp3) is 0.467. The fourth-order valence-corrected chi connectivity index (χ4v) is 2.69. The molecule has 9 heteroatoms. The molecule has 0 spiro atoms. The normalized spacial score (nSPS) is 15.8. The lowest BCUT2D eigenvalue weighted by Gasteiger charge is -2.28. The third kappa shape index (κ3) is 2.91. The first-order valence-electron chi connectivity index (χ1n) is 7.51. The average Bonchev–Trinajstić information content (AvgIpc) is 2.98. The van der Waals surface area contributed by atoms with Crippen LogP contribution in [0.15, 0.2) is 18.3 Å². The van der Waals surface area contributed by atoms with Crippen LogP contribution in [0.2, 0.25) is 0 Å². The molecular weight excluding hydrogens is 327 g/mol. The van der Waals surface area contributed by atoms with Crippen LogP contribution < -0.4 is 4.90 Å². The van der Waals surface area contributed by atoms with Crippen LogP contribution in [0.4, 0.5) is 19.0 Å². The summed E-state index contributed by atoms with van der Waals surface area (Å²) in [5.41, 5.74) is -0.946. The number of alkyl halides is 3. The number of pyridine rings is 1. The number of anilines is 1. The molecule has 6 nitrogen and oxygen atoms in total. The minimum absolute atomic E-state index is 0.00404. The number of hydrogen-bond donors (Lipinski definition) is 0. The van der Waals surface area contributed by atoms with Crippen LogP contribution in [0, 0.1) is 0 Å². The number of rotatable bonds is 3. The molecule has 1 aliphatic rings. The summed E-state index contributed by atoms with van der Waals surface area (Å²) < 4.78 is 51.4. The maximum absolute atomic E-state index is 13.4. The summed E-state index contributed by atoms with van der Waals surface area (Å²) in [6.07, 6.45) is -3.23. The third-order valence-electron chi connectivity index (χ3n) is 3.75. The SMILES string of the molecule is CCOC(=O)c1ccc(C(F)(F)F)n2c(N3CCOCC3)cnc12. The van der Waals surface area contributed by atoms with Crippen molar-refractivity contribution in [2.75, 3.05) is 37.8 Å². The predicted molar refractivity (Wildman–Crippen MR) is 79.2 cm³/mol. The summed E-state index contributed by atoms with van der Waals surface area (Å²) in [6, 6.07) is 1.98. The highest BCUT2D eigenvalue weighted by atomic mass is 19.4. The number of aromatic nitrogens is 2. The van der Waals surface area contributed by atoms with E-state index in [9.17, 15) is 18.0 Å². The Bertz CT molecular complexity index is 751. The Hall–Kier alpha value is -2.29. The maximum atomic E-state index is 13.4. The first-order valence-corrected chi connectivity index (χ1v) is 7.51. The van der Waals surface area contributed by atoms with Gasteiger partial charge in [-0.2, -0.15) is 13.2 Å². The van der Waals surface area contributed by atoms with Crippen LogP contribution in [0.3, 0.4) is 0 Å². The molecule has 1 aliphatic heterocycles. The van der Waals surface area contributed by atoms with E-state index in [4.69, 9.17) is 9.47 Å². The Morgan fingerprint density at radius 1 is 1.33 bits per heavy atom. The van der Waals surface area contributed by atoms with Crippen LogP contribution in [-0.2, 0) is 15.7 Å². The second-order valence-electron chi connectivity index (χ2n) is 5.23. The Morgan fingerprint density at radius 3 is 2.67 bits per heavy atom. The van der Waals surface area contributed by atoms with Crippen LogP contribution in [0.5, 0.6) is 0 Å². The molecule has 0 aliphatic carbocycles. The quantitative estimate of drug-likeness (QED) is 0.801. The number of carbonyl (C=O) groups excluding carboxylic acids is 1. The van der Waals surface area contributed by atoms with Gasteiger partial charge in [0.2, 0.25) is 0 Å². The van der Waals surface area contributed by atoms with Gasteiger partial charge in [0.25, 0.3) is 0 Å². The largest absolute Gasteiger partial charge is 0.462 e. The summed E-state index contributed by atoms with van der Waals surface area (Å²) in [7, 11) is 0. The van der Waals surface area contributed by atoms with E-state index in [1.807, 2.05) is 0 Å². The van der Waals surface area contributed by atoms with Crippen molar-refractivity contribution in [3.63, 3.8) is 0 Å². The smallest absolute Gasteiger partial charge is 0.431 e. The lowest BCUT2D eigenvalue weighted by atomic mass is 10.2. The Balaban J connectivity index is 2.19. The highest BCUT2D eigenvalue weighted by molar-refractivity contribution is 5.96. The van der Waals surface area contributed by atoms with Gasteiger partial charge < -0.3 is 14.4 Å². The van der Waals surface area contributed by atoms with Gasteiger partial charge >= 0.3 is 12.1 Å². The molecule has 1 fully saturated rings. The molecule has 3 rings (SSSR count). The van der Waals surface area contributed by atoms with Crippen molar-refractivity contribution in [1.82, 2.24) is 9.38 Å². The molecule has 2 aromatic heterocycles. The molecule has 0 saturated carbocycles. The number of nitrogens with zero attached hydrogens (tertiary/aromatic N) is 3. The molecular formula is C15H16F3N3O3. The summed E-state index contributed by atoms with van der Waals surface area (Å²) >= 11 is 0. The van der Waals surface area contributed by atoms with E-state index < -0.39 is 17.8 Å². The molecule has 130 valence electrons. The van der Waals surface area contributed by atoms with E-state index in [2.05, 4.69) is 4.98 Å². The number of morpholine rings is 1. The Labute approximate surface area is 135 Å². The molecule has 0 amide bonds. The molecule has 2 aromatic rings. The van der Waals surface area contributed by atoms with Crippen LogP contribution in [0.1, 0.15) is 23.0 Å². The molecule has 24 heavy (non-hydrogen) atoms. The monoisotopic (exact) mass is 343 g/mol. The zero-order valence-corrected chi connectivity index (χ0v) is 13.0. The van der Waals surface area contributed by atoms with Crippen molar-refractivity contribution in [1.29, 1.82) is 0 Å². The van der Waals surface area contributed by atoms with Crippen molar-refractivity contribution < 1.29 is 27.4 Å². The lowest BCUT2D eigenvalue weighted by molar-refractivity contribution is -0.141. The Morgan fingerprint density at radius 2 is 2.04 bits per heavy atom. The van der Waals surface area contributed by atoms with Gasteiger partial charge in [-0.25, -0.2) is 9.78 Å². The predicted octanol–water partition coefficient (Wildman–Crippen LogP) is 2.37. The van der Waals surface area contributed by atoms with Crippen molar-refractivity contribution >= 4 is 17.4 Å². The summed E-state index contributed by atoms with van der Waals surface area (Å²) in [5, 5.41) is 0. The van der Waals surface area contributed by atoms with Crippen LogP contribution in [-0.4, -0.2) is 48.3 Å².